The van der Waals surface area contributed by atoms with E-state index < -0.39 is 0 Å². The highest BCUT2D eigenvalue weighted by atomic mass is 16.3. The lowest BCUT2D eigenvalue weighted by Gasteiger charge is -2.44. The van der Waals surface area contributed by atoms with Crippen LogP contribution in [0.5, 0.6) is 5.75 Å². The third-order valence-corrected chi connectivity index (χ3v) is 5.68. The summed E-state index contributed by atoms with van der Waals surface area (Å²) >= 11 is 0. The third-order valence-electron chi connectivity index (χ3n) is 5.68. The van der Waals surface area contributed by atoms with Gasteiger partial charge in [0.05, 0.1) is 5.56 Å². The van der Waals surface area contributed by atoms with Crippen molar-refractivity contribution in [1.82, 2.24) is 14.8 Å². The number of carbonyl (C=O) groups is 1. The minimum Gasteiger partial charge on any atom is -0.508 e. The van der Waals surface area contributed by atoms with Crippen molar-refractivity contribution in [2.75, 3.05) is 19.6 Å². The summed E-state index contributed by atoms with van der Waals surface area (Å²) in [7, 11) is 1.96. The molecule has 0 saturated carbocycles. The molecule has 1 aromatic carbocycles. The molecule has 3 aliphatic rings. The van der Waals surface area contributed by atoms with E-state index in [2.05, 4.69) is 10.2 Å². The Morgan fingerprint density at radius 3 is 2.70 bits per heavy atom. The number of aryl methyl sites for hydroxylation is 1. The second kappa shape index (κ2) is 5.27. The SMILES string of the molecule is Cc1c(C(=O)N[C@@H]2CN3CCC2CC3)c2cc(O)ccc2n1C. The summed E-state index contributed by atoms with van der Waals surface area (Å²) in [5, 5.41) is 13.9. The average molecular weight is 313 g/mol. The van der Waals surface area contributed by atoms with Gasteiger partial charge in [0.2, 0.25) is 0 Å². The standard InChI is InChI=1S/C18H23N3O2/c1-11-17(14-9-13(22)3-4-16(14)20(11)2)18(23)19-15-10-21-7-5-12(15)6-8-21/h3-4,9,12,15,22H,5-8,10H2,1-2H3,(H,19,23)/t15-/m1/s1. The second-order valence-electron chi connectivity index (χ2n) is 6.94. The lowest BCUT2D eigenvalue weighted by atomic mass is 9.84. The van der Waals surface area contributed by atoms with Crippen molar-refractivity contribution in [2.24, 2.45) is 13.0 Å². The summed E-state index contributed by atoms with van der Waals surface area (Å²) in [5.41, 5.74) is 2.60. The van der Waals surface area contributed by atoms with Crippen molar-refractivity contribution in [3.8, 4) is 5.75 Å². The van der Waals surface area contributed by atoms with Crippen molar-refractivity contribution < 1.29 is 9.90 Å². The topological polar surface area (TPSA) is 57.5 Å². The number of rotatable bonds is 2. The number of aromatic hydroxyl groups is 1. The molecule has 1 atom stereocenters. The zero-order valence-corrected chi connectivity index (χ0v) is 13.7. The average Bonchev–Trinajstić information content (AvgIpc) is 2.79. The van der Waals surface area contributed by atoms with Crippen molar-refractivity contribution in [2.45, 2.75) is 25.8 Å². The maximum atomic E-state index is 12.9. The number of amides is 1. The summed E-state index contributed by atoms with van der Waals surface area (Å²) in [4.78, 5) is 15.4. The molecule has 4 heterocycles. The van der Waals surface area contributed by atoms with Gasteiger partial charge in [0, 0.05) is 36.2 Å². The van der Waals surface area contributed by atoms with Crippen LogP contribution < -0.4 is 5.32 Å². The molecule has 5 nitrogen and oxygen atoms in total. The van der Waals surface area contributed by atoms with Gasteiger partial charge >= 0.3 is 0 Å². The maximum Gasteiger partial charge on any atom is 0.254 e. The predicted molar refractivity (Wildman–Crippen MR) is 89.7 cm³/mol. The van der Waals surface area contributed by atoms with Gasteiger partial charge in [0.15, 0.2) is 0 Å². The summed E-state index contributed by atoms with van der Waals surface area (Å²) in [6.45, 7) is 5.25. The van der Waals surface area contributed by atoms with Crippen LogP contribution in [0.25, 0.3) is 10.9 Å². The van der Waals surface area contributed by atoms with E-state index >= 15 is 0 Å². The number of benzene rings is 1. The Balaban J connectivity index is 1.67. The van der Waals surface area contributed by atoms with Crippen LogP contribution in [-0.2, 0) is 7.05 Å². The van der Waals surface area contributed by atoms with Gasteiger partial charge in [-0.3, -0.25) is 4.79 Å². The van der Waals surface area contributed by atoms with E-state index in [1.165, 1.54) is 12.8 Å². The molecule has 0 spiro atoms. The van der Waals surface area contributed by atoms with Crippen LogP contribution in [0.1, 0.15) is 28.9 Å². The zero-order valence-electron chi connectivity index (χ0n) is 13.7. The number of hydrogen-bond donors (Lipinski definition) is 2. The highest BCUT2D eigenvalue weighted by Crippen LogP contribution is 2.30. The molecular formula is C18H23N3O2. The van der Waals surface area contributed by atoms with E-state index in [1.807, 2.05) is 24.6 Å². The number of nitrogens with zero attached hydrogens (tertiary/aromatic N) is 2. The minimum atomic E-state index is -0.0163. The van der Waals surface area contributed by atoms with Crippen LogP contribution in [-0.4, -0.2) is 46.2 Å². The molecule has 5 rings (SSSR count). The van der Waals surface area contributed by atoms with Crippen LogP contribution >= 0.6 is 0 Å². The Labute approximate surface area is 135 Å². The molecule has 0 radical (unpaired) electrons. The smallest absolute Gasteiger partial charge is 0.254 e. The Morgan fingerprint density at radius 2 is 2.04 bits per heavy atom. The Kier molecular flexibility index (Phi) is 3.34. The number of phenolic OH excluding ortho intramolecular Hbond substituents is 1. The van der Waals surface area contributed by atoms with Crippen molar-refractivity contribution >= 4 is 16.8 Å². The fourth-order valence-corrected chi connectivity index (χ4v) is 4.22. The molecular weight excluding hydrogens is 290 g/mol. The largest absolute Gasteiger partial charge is 0.508 e. The molecule has 5 heteroatoms. The van der Waals surface area contributed by atoms with Gasteiger partial charge in [-0.1, -0.05) is 0 Å². The number of aromatic nitrogens is 1. The fourth-order valence-electron chi connectivity index (χ4n) is 4.22. The first-order valence-electron chi connectivity index (χ1n) is 8.36. The number of hydrogen-bond acceptors (Lipinski definition) is 3. The summed E-state index contributed by atoms with van der Waals surface area (Å²) in [6.07, 6.45) is 2.36. The number of nitrogens with one attached hydrogen (secondary N) is 1. The third kappa shape index (κ3) is 2.30. The molecule has 122 valence electrons. The summed E-state index contributed by atoms with van der Waals surface area (Å²) in [5.74, 6) is 0.782. The van der Waals surface area contributed by atoms with E-state index in [0.29, 0.717) is 11.5 Å². The number of piperidine rings is 3. The van der Waals surface area contributed by atoms with E-state index in [9.17, 15) is 9.90 Å². The van der Waals surface area contributed by atoms with Crippen LogP contribution in [0.3, 0.4) is 0 Å². The molecule has 3 saturated heterocycles. The molecule has 0 aliphatic carbocycles. The van der Waals surface area contributed by atoms with Crippen molar-refractivity contribution in [1.29, 1.82) is 0 Å². The maximum absolute atomic E-state index is 12.9. The molecule has 2 bridgehead atoms. The Bertz CT molecular complexity index is 772. The van der Waals surface area contributed by atoms with Gasteiger partial charge in [0.1, 0.15) is 5.75 Å². The minimum absolute atomic E-state index is 0.0163. The monoisotopic (exact) mass is 313 g/mol. The quantitative estimate of drug-likeness (QED) is 0.892. The molecule has 2 N–H and O–H groups in total. The first-order chi connectivity index (χ1) is 11.0. The van der Waals surface area contributed by atoms with Gasteiger partial charge in [0.25, 0.3) is 5.91 Å². The number of phenols is 1. The zero-order chi connectivity index (χ0) is 16.1. The molecule has 2 aromatic rings. The lowest BCUT2D eigenvalue weighted by molar-refractivity contribution is 0.0621. The second-order valence-corrected chi connectivity index (χ2v) is 6.94. The normalized spacial score (nSPS) is 26.6. The molecule has 1 aromatic heterocycles. The predicted octanol–water partition coefficient (Wildman–Crippen LogP) is 2.02. The van der Waals surface area contributed by atoms with Gasteiger partial charge in [-0.05, 0) is 57.0 Å². The molecule has 3 aliphatic heterocycles. The highest BCUT2D eigenvalue weighted by Gasteiger charge is 2.35. The van der Waals surface area contributed by atoms with E-state index in [4.69, 9.17) is 0 Å². The van der Waals surface area contributed by atoms with Crippen LogP contribution in [0.15, 0.2) is 18.2 Å². The Morgan fingerprint density at radius 1 is 1.30 bits per heavy atom. The first kappa shape index (κ1) is 14.6. The summed E-state index contributed by atoms with van der Waals surface area (Å²) in [6, 6.07) is 5.46. The number of carbonyl (C=O) groups excluding carboxylic acids is 1. The van der Waals surface area contributed by atoms with Crippen molar-refractivity contribution in [3.63, 3.8) is 0 Å². The first-order valence-corrected chi connectivity index (χ1v) is 8.36. The van der Waals surface area contributed by atoms with Crippen molar-refractivity contribution in [3.05, 3.63) is 29.5 Å². The highest BCUT2D eigenvalue weighted by molar-refractivity contribution is 6.08. The number of fused-ring (bicyclic) bond motifs is 4. The summed E-state index contributed by atoms with van der Waals surface area (Å²) < 4.78 is 2.01. The molecule has 1 amide bonds. The molecule has 3 fully saturated rings. The van der Waals surface area contributed by atoms with E-state index in [1.54, 1.807) is 12.1 Å². The van der Waals surface area contributed by atoms with E-state index in [-0.39, 0.29) is 17.7 Å². The van der Waals surface area contributed by atoms with Gasteiger partial charge in [-0.25, -0.2) is 0 Å². The van der Waals surface area contributed by atoms with Gasteiger partial charge < -0.3 is 19.9 Å². The lowest BCUT2D eigenvalue weighted by Crippen LogP contribution is -2.57. The van der Waals surface area contributed by atoms with Crippen LogP contribution in [0.2, 0.25) is 0 Å². The van der Waals surface area contributed by atoms with Crippen LogP contribution in [0, 0.1) is 12.8 Å². The van der Waals surface area contributed by atoms with Gasteiger partial charge in [-0.2, -0.15) is 0 Å². The van der Waals surface area contributed by atoms with E-state index in [0.717, 1.165) is 36.2 Å². The fraction of sp³-hybridized carbons (Fsp3) is 0.500. The van der Waals surface area contributed by atoms with Gasteiger partial charge in [-0.15, -0.1) is 0 Å². The molecule has 0 unspecified atom stereocenters. The molecule has 23 heavy (non-hydrogen) atoms. The Hall–Kier alpha value is -2.01. The van der Waals surface area contributed by atoms with Crippen LogP contribution in [0.4, 0.5) is 0 Å².